The SMILES string of the molecule is CC(C)N(CCNC(=O)Cc1cn(-c2ccc(NC3CCN(Cc4ccccc4)CC3)nn2)c2ccccc12)C(C)C. The molecule has 0 unspecified atom stereocenters. The number of benzene rings is 2. The van der Waals surface area contributed by atoms with Crippen molar-refractivity contribution in [1.82, 2.24) is 29.9 Å². The zero-order chi connectivity index (χ0) is 29.5. The Bertz CT molecular complexity index is 1420. The fourth-order valence-corrected chi connectivity index (χ4v) is 6.07. The molecular weight excluding hydrogens is 522 g/mol. The topological polar surface area (TPSA) is 78.3 Å². The smallest absolute Gasteiger partial charge is 0.224 e. The van der Waals surface area contributed by atoms with Crippen LogP contribution in [0, 0.1) is 0 Å². The first-order chi connectivity index (χ1) is 20.4. The summed E-state index contributed by atoms with van der Waals surface area (Å²) in [4.78, 5) is 17.8. The van der Waals surface area contributed by atoms with Gasteiger partial charge in [0.1, 0.15) is 5.82 Å². The first-order valence-corrected chi connectivity index (χ1v) is 15.4. The number of nitrogens with zero attached hydrogens (tertiary/aromatic N) is 5. The highest BCUT2D eigenvalue weighted by Gasteiger charge is 2.20. The van der Waals surface area contributed by atoms with E-state index in [4.69, 9.17) is 0 Å². The van der Waals surface area contributed by atoms with Gasteiger partial charge in [-0.2, -0.15) is 0 Å². The lowest BCUT2D eigenvalue weighted by molar-refractivity contribution is -0.120. The van der Waals surface area contributed by atoms with Crippen LogP contribution in [-0.4, -0.2) is 74.8 Å². The third-order valence-corrected chi connectivity index (χ3v) is 8.25. The van der Waals surface area contributed by atoms with Crippen molar-refractivity contribution in [3.8, 4) is 5.82 Å². The zero-order valence-corrected chi connectivity index (χ0v) is 25.5. The van der Waals surface area contributed by atoms with Crippen LogP contribution < -0.4 is 10.6 Å². The molecule has 4 aromatic rings. The molecule has 0 aliphatic carbocycles. The number of rotatable bonds is 12. The molecule has 2 N–H and O–H groups in total. The van der Waals surface area contributed by atoms with Gasteiger partial charge < -0.3 is 10.6 Å². The Morgan fingerprint density at radius 1 is 0.929 bits per heavy atom. The van der Waals surface area contributed by atoms with Crippen LogP contribution in [-0.2, 0) is 17.8 Å². The summed E-state index contributed by atoms with van der Waals surface area (Å²) in [6, 6.07) is 24.1. The van der Waals surface area contributed by atoms with E-state index < -0.39 is 0 Å². The number of para-hydroxylation sites is 1. The molecule has 2 aromatic heterocycles. The molecule has 1 amide bonds. The third-order valence-electron chi connectivity index (χ3n) is 8.25. The quantitative estimate of drug-likeness (QED) is 0.243. The van der Waals surface area contributed by atoms with Crippen LogP contribution in [0.1, 0.15) is 51.7 Å². The average Bonchev–Trinajstić information content (AvgIpc) is 3.35. The van der Waals surface area contributed by atoms with Gasteiger partial charge in [-0.05, 0) is 69.9 Å². The molecule has 0 bridgehead atoms. The maximum atomic E-state index is 12.9. The van der Waals surface area contributed by atoms with Crippen LogP contribution in [0.15, 0.2) is 72.9 Å². The van der Waals surface area contributed by atoms with Gasteiger partial charge in [-0.3, -0.25) is 19.2 Å². The Kier molecular flexibility index (Phi) is 9.87. The number of hydrogen-bond acceptors (Lipinski definition) is 6. The molecule has 1 aliphatic rings. The third kappa shape index (κ3) is 7.55. The molecule has 1 aliphatic heterocycles. The van der Waals surface area contributed by atoms with Crippen LogP contribution in [0.3, 0.4) is 0 Å². The highest BCUT2D eigenvalue weighted by molar-refractivity contribution is 5.90. The Labute approximate surface area is 250 Å². The lowest BCUT2D eigenvalue weighted by Crippen LogP contribution is -2.42. The van der Waals surface area contributed by atoms with E-state index >= 15 is 0 Å². The van der Waals surface area contributed by atoms with Crippen LogP contribution in [0.2, 0.25) is 0 Å². The minimum Gasteiger partial charge on any atom is -0.366 e. The van der Waals surface area contributed by atoms with Crippen molar-refractivity contribution < 1.29 is 4.79 Å². The van der Waals surface area contributed by atoms with Gasteiger partial charge in [-0.15, -0.1) is 10.2 Å². The lowest BCUT2D eigenvalue weighted by atomic mass is 10.0. The second-order valence-corrected chi connectivity index (χ2v) is 12.0. The zero-order valence-electron chi connectivity index (χ0n) is 25.5. The molecule has 5 rings (SSSR count). The summed E-state index contributed by atoms with van der Waals surface area (Å²) < 4.78 is 2.04. The molecule has 1 saturated heterocycles. The number of nitrogens with one attached hydrogen (secondary N) is 2. The second-order valence-electron chi connectivity index (χ2n) is 12.0. The standard InChI is InChI=1S/C34H45N7O/c1-25(2)40(26(3)4)21-18-35-34(42)22-28-24-41(31-13-9-8-12-30(28)31)33-15-14-32(37-38-33)36-29-16-19-39(20-17-29)23-27-10-6-5-7-11-27/h5-15,24-26,29H,16-23H2,1-4H3,(H,35,42)(H,36,37). The Morgan fingerprint density at radius 2 is 1.64 bits per heavy atom. The molecule has 0 radical (unpaired) electrons. The fraction of sp³-hybridized carbons (Fsp3) is 0.441. The molecule has 8 nitrogen and oxygen atoms in total. The van der Waals surface area contributed by atoms with E-state index in [0.717, 1.165) is 67.1 Å². The molecule has 2 aromatic carbocycles. The van der Waals surface area contributed by atoms with E-state index in [2.05, 4.69) is 101 Å². The highest BCUT2D eigenvalue weighted by atomic mass is 16.1. The van der Waals surface area contributed by atoms with Gasteiger partial charge >= 0.3 is 0 Å². The van der Waals surface area contributed by atoms with E-state index in [-0.39, 0.29) is 5.91 Å². The highest BCUT2D eigenvalue weighted by Crippen LogP contribution is 2.25. The first kappa shape index (κ1) is 29.7. The minimum atomic E-state index is 0.0332. The summed E-state index contributed by atoms with van der Waals surface area (Å²) in [6.07, 6.45) is 4.51. The van der Waals surface area contributed by atoms with Crippen molar-refractivity contribution in [2.24, 2.45) is 0 Å². The number of hydrogen-bond donors (Lipinski definition) is 2. The van der Waals surface area contributed by atoms with Crippen molar-refractivity contribution in [1.29, 1.82) is 0 Å². The number of amides is 1. The maximum Gasteiger partial charge on any atom is 0.224 e. The van der Waals surface area contributed by atoms with Crippen LogP contribution >= 0.6 is 0 Å². The monoisotopic (exact) mass is 567 g/mol. The average molecular weight is 568 g/mol. The molecule has 222 valence electrons. The molecular formula is C34H45N7O. The van der Waals surface area contributed by atoms with Gasteiger partial charge in [-0.1, -0.05) is 48.5 Å². The number of carbonyl (C=O) groups is 1. The number of aromatic nitrogens is 3. The van der Waals surface area contributed by atoms with Crippen molar-refractivity contribution in [2.75, 3.05) is 31.5 Å². The summed E-state index contributed by atoms with van der Waals surface area (Å²) >= 11 is 0. The minimum absolute atomic E-state index is 0.0332. The number of likely N-dealkylation sites (tertiary alicyclic amines) is 1. The predicted molar refractivity (Wildman–Crippen MR) is 171 cm³/mol. The number of anilines is 1. The van der Waals surface area contributed by atoms with Gasteiger partial charge in [0.2, 0.25) is 5.91 Å². The first-order valence-electron chi connectivity index (χ1n) is 15.4. The molecule has 8 heteroatoms. The molecule has 0 saturated carbocycles. The van der Waals surface area contributed by atoms with Crippen molar-refractivity contribution >= 4 is 22.6 Å². The van der Waals surface area contributed by atoms with Crippen LogP contribution in [0.4, 0.5) is 5.82 Å². The predicted octanol–water partition coefficient (Wildman–Crippen LogP) is 5.27. The Hall–Kier alpha value is -3.75. The number of fused-ring (bicyclic) bond motifs is 1. The summed E-state index contributed by atoms with van der Waals surface area (Å²) in [6.45, 7) is 13.4. The van der Waals surface area contributed by atoms with Crippen LogP contribution in [0.5, 0.6) is 0 Å². The summed E-state index contributed by atoms with van der Waals surface area (Å²) in [7, 11) is 0. The van der Waals surface area contributed by atoms with E-state index in [0.29, 0.717) is 31.1 Å². The molecule has 1 fully saturated rings. The second kappa shape index (κ2) is 13.9. The van der Waals surface area contributed by atoms with Crippen LogP contribution in [0.25, 0.3) is 16.7 Å². The van der Waals surface area contributed by atoms with Gasteiger partial charge in [-0.25, -0.2) is 0 Å². The van der Waals surface area contributed by atoms with Gasteiger partial charge in [0.05, 0.1) is 11.9 Å². The molecule has 0 spiro atoms. The summed E-state index contributed by atoms with van der Waals surface area (Å²) in [5.74, 6) is 1.57. The number of piperidine rings is 1. The fourth-order valence-electron chi connectivity index (χ4n) is 6.07. The van der Waals surface area contributed by atoms with Crippen molar-refractivity contribution in [2.45, 2.75) is 71.6 Å². The number of carbonyl (C=O) groups excluding carboxylic acids is 1. The summed E-state index contributed by atoms with van der Waals surface area (Å²) in [5.41, 5.74) is 3.37. The summed E-state index contributed by atoms with van der Waals surface area (Å²) in [5, 5.41) is 16.8. The van der Waals surface area contributed by atoms with E-state index in [1.165, 1.54) is 5.56 Å². The maximum absolute atomic E-state index is 12.9. The molecule has 3 heterocycles. The normalized spacial score (nSPS) is 14.7. The Morgan fingerprint density at radius 3 is 2.33 bits per heavy atom. The van der Waals surface area contributed by atoms with Crippen molar-refractivity contribution in [3.05, 3.63) is 84.1 Å². The molecule has 42 heavy (non-hydrogen) atoms. The van der Waals surface area contributed by atoms with Crippen molar-refractivity contribution in [3.63, 3.8) is 0 Å². The van der Waals surface area contributed by atoms with Gasteiger partial charge in [0.25, 0.3) is 0 Å². The van der Waals surface area contributed by atoms with Gasteiger partial charge in [0.15, 0.2) is 5.82 Å². The van der Waals surface area contributed by atoms with E-state index in [9.17, 15) is 4.79 Å². The largest absolute Gasteiger partial charge is 0.366 e. The van der Waals surface area contributed by atoms with E-state index in [1.54, 1.807) is 0 Å². The lowest BCUT2D eigenvalue weighted by Gasteiger charge is -2.32. The van der Waals surface area contributed by atoms with Gasteiger partial charge in [0, 0.05) is 62.4 Å². The molecule has 0 atom stereocenters. The Balaban J connectivity index is 1.18. The van der Waals surface area contributed by atoms with E-state index in [1.807, 2.05) is 35.0 Å².